The first-order chi connectivity index (χ1) is 10.8. The molecule has 0 aliphatic rings. The van der Waals surface area contributed by atoms with Gasteiger partial charge in [0.05, 0.1) is 11.4 Å². The third kappa shape index (κ3) is 4.05. The zero-order chi connectivity index (χ0) is 15.8. The Bertz CT molecular complexity index is 622. The van der Waals surface area contributed by atoms with E-state index in [0.717, 1.165) is 35.4 Å². The Morgan fingerprint density at radius 3 is 1.82 bits per heavy atom. The van der Waals surface area contributed by atoms with Gasteiger partial charge in [-0.3, -0.25) is 0 Å². The molecule has 2 aromatic rings. The van der Waals surface area contributed by atoms with E-state index >= 15 is 0 Å². The highest BCUT2D eigenvalue weighted by atomic mass is 14.8. The lowest BCUT2D eigenvalue weighted by Crippen LogP contribution is -2.04. The molecule has 0 unspecified atom stereocenters. The van der Waals surface area contributed by atoms with Crippen molar-refractivity contribution in [2.45, 2.75) is 26.7 Å². The highest BCUT2D eigenvalue weighted by Gasteiger charge is 2.08. The first-order valence-electron chi connectivity index (χ1n) is 7.84. The van der Waals surface area contributed by atoms with Crippen molar-refractivity contribution in [2.24, 2.45) is 4.99 Å². The van der Waals surface area contributed by atoms with Gasteiger partial charge in [-0.2, -0.15) is 0 Å². The number of allylic oxidation sites excluding steroid dienone is 2. The minimum atomic E-state index is 0.854. The molecule has 0 fully saturated rings. The third-order valence-corrected chi connectivity index (χ3v) is 3.54. The Morgan fingerprint density at radius 1 is 0.909 bits per heavy atom. The lowest BCUT2D eigenvalue weighted by molar-refractivity contribution is 1.05. The molecule has 0 amide bonds. The Balaban J connectivity index is 2.48. The van der Waals surface area contributed by atoms with Crippen molar-refractivity contribution in [1.82, 2.24) is 0 Å². The lowest BCUT2D eigenvalue weighted by Gasteiger charge is -2.10. The summed E-state index contributed by atoms with van der Waals surface area (Å²) < 4.78 is 0. The van der Waals surface area contributed by atoms with E-state index in [1.165, 1.54) is 5.57 Å². The van der Waals surface area contributed by atoms with E-state index in [1.54, 1.807) is 0 Å². The molecule has 0 saturated carbocycles. The van der Waals surface area contributed by atoms with E-state index in [-0.39, 0.29) is 0 Å². The smallest absolute Gasteiger partial charge is 0.0781 e. The molecule has 0 atom stereocenters. The number of nitrogens with zero attached hydrogens (tertiary/aromatic N) is 1. The van der Waals surface area contributed by atoms with Crippen LogP contribution in [0.2, 0.25) is 0 Å². The van der Waals surface area contributed by atoms with E-state index in [9.17, 15) is 0 Å². The van der Waals surface area contributed by atoms with Gasteiger partial charge in [0.15, 0.2) is 0 Å². The van der Waals surface area contributed by atoms with Gasteiger partial charge >= 0.3 is 0 Å². The molecular weight excluding hydrogens is 266 g/mol. The summed E-state index contributed by atoms with van der Waals surface area (Å²) in [5.74, 6) is 0. The second kappa shape index (κ2) is 8.14. The van der Waals surface area contributed by atoms with Crippen molar-refractivity contribution >= 4 is 5.71 Å². The summed E-state index contributed by atoms with van der Waals surface area (Å²) in [4.78, 5) is 4.86. The summed E-state index contributed by atoms with van der Waals surface area (Å²) in [6, 6.07) is 20.6. The SMILES string of the molecule is C=C(N=C(c1ccccc1)c1ccccc1)/C(=C/CC)CC. The van der Waals surface area contributed by atoms with Gasteiger partial charge in [-0.05, 0) is 18.4 Å². The van der Waals surface area contributed by atoms with Crippen LogP contribution in [0.4, 0.5) is 0 Å². The van der Waals surface area contributed by atoms with Crippen molar-refractivity contribution in [1.29, 1.82) is 0 Å². The second-order valence-electron chi connectivity index (χ2n) is 5.13. The molecule has 0 aliphatic heterocycles. The van der Waals surface area contributed by atoms with Crippen LogP contribution in [0.15, 0.2) is 89.6 Å². The van der Waals surface area contributed by atoms with Crippen LogP contribution < -0.4 is 0 Å². The van der Waals surface area contributed by atoms with Crippen LogP contribution in [-0.2, 0) is 0 Å². The molecule has 0 aliphatic carbocycles. The van der Waals surface area contributed by atoms with Crippen LogP contribution >= 0.6 is 0 Å². The Morgan fingerprint density at radius 2 is 1.41 bits per heavy atom. The van der Waals surface area contributed by atoms with Crippen LogP contribution in [0, 0.1) is 0 Å². The Kier molecular flexibility index (Phi) is 5.91. The van der Waals surface area contributed by atoms with E-state index in [4.69, 9.17) is 4.99 Å². The van der Waals surface area contributed by atoms with Gasteiger partial charge in [0.1, 0.15) is 0 Å². The normalized spacial score (nSPS) is 11.1. The van der Waals surface area contributed by atoms with Crippen molar-refractivity contribution in [3.63, 3.8) is 0 Å². The monoisotopic (exact) mass is 289 g/mol. The number of aliphatic imine (C=N–C) groups is 1. The van der Waals surface area contributed by atoms with E-state index in [0.29, 0.717) is 0 Å². The summed E-state index contributed by atoms with van der Waals surface area (Å²) in [5.41, 5.74) is 5.27. The molecule has 0 heterocycles. The summed E-state index contributed by atoms with van der Waals surface area (Å²) in [6.45, 7) is 8.47. The largest absolute Gasteiger partial charge is 0.248 e. The molecule has 0 saturated heterocycles. The van der Waals surface area contributed by atoms with E-state index < -0.39 is 0 Å². The summed E-state index contributed by atoms with van der Waals surface area (Å²) >= 11 is 0. The quantitative estimate of drug-likeness (QED) is 0.472. The Hall–Kier alpha value is -2.41. The van der Waals surface area contributed by atoms with Gasteiger partial charge in [0.2, 0.25) is 0 Å². The molecule has 0 spiro atoms. The maximum absolute atomic E-state index is 4.86. The molecule has 1 heteroatoms. The zero-order valence-corrected chi connectivity index (χ0v) is 13.4. The van der Waals surface area contributed by atoms with Gasteiger partial charge < -0.3 is 0 Å². The van der Waals surface area contributed by atoms with E-state index in [1.807, 2.05) is 36.4 Å². The highest BCUT2D eigenvalue weighted by Crippen LogP contribution is 2.19. The van der Waals surface area contributed by atoms with Gasteiger partial charge in [-0.15, -0.1) is 0 Å². The van der Waals surface area contributed by atoms with Crippen molar-refractivity contribution < 1.29 is 0 Å². The molecule has 1 nitrogen and oxygen atoms in total. The molecule has 22 heavy (non-hydrogen) atoms. The van der Waals surface area contributed by atoms with Crippen molar-refractivity contribution in [3.8, 4) is 0 Å². The maximum Gasteiger partial charge on any atom is 0.0781 e. The fourth-order valence-corrected chi connectivity index (χ4v) is 2.41. The molecule has 0 aromatic heterocycles. The standard InChI is InChI=1S/C21H23N/c1-4-12-18(5-2)17(3)22-21(19-13-8-6-9-14-19)20-15-10-7-11-16-20/h6-16H,3-5H2,1-2H3/b18-12+. The minimum absolute atomic E-state index is 0.854. The van der Waals surface area contributed by atoms with Gasteiger partial charge in [0, 0.05) is 11.1 Å². The van der Waals surface area contributed by atoms with Gasteiger partial charge in [-0.25, -0.2) is 4.99 Å². The van der Waals surface area contributed by atoms with E-state index in [2.05, 4.69) is 50.8 Å². The van der Waals surface area contributed by atoms with Crippen LogP contribution in [0.25, 0.3) is 0 Å². The lowest BCUT2D eigenvalue weighted by atomic mass is 10.0. The number of rotatable bonds is 6. The Labute approximate surface area is 133 Å². The molecule has 2 rings (SSSR count). The molecule has 0 bridgehead atoms. The van der Waals surface area contributed by atoms with Crippen molar-refractivity contribution in [3.05, 3.63) is 95.7 Å². The fourth-order valence-electron chi connectivity index (χ4n) is 2.41. The molecule has 112 valence electrons. The summed E-state index contributed by atoms with van der Waals surface area (Å²) in [7, 11) is 0. The minimum Gasteiger partial charge on any atom is -0.248 e. The summed E-state index contributed by atoms with van der Waals surface area (Å²) in [5, 5.41) is 0. The van der Waals surface area contributed by atoms with Crippen LogP contribution in [-0.4, -0.2) is 5.71 Å². The van der Waals surface area contributed by atoms with Crippen LogP contribution in [0.1, 0.15) is 37.8 Å². The third-order valence-electron chi connectivity index (χ3n) is 3.54. The number of hydrogen-bond donors (Lipinski definition) is 0. The molecule has 2 aromatic carbocycles. The molecular formula is C21H23N. The number of benzene rings is 2. The van der Waals surface area contributed by atoms with Crippen LogP contribution in [0.3, 0.4) is 0 Å². The summed E-state index contributed by atoms with van der Waals surface area (Å²) in [6.07, 6.45) is 4.16. The van der Waals surface area contributed by atoms with Gasteiger partial charge in [-0.1, -0.05) is 87.2 Å². The zero-order valence-electron chi connectivity index (χ0n) is 13.4. The maximum atomic E-state index is 4.86. The predicted molar refractivity (Wildman–Crippen MR) is 96.3 cm³/mol. The predicted octanol–water partition coefficient (Wildman–Crippen LogP) is 5.78. The topological polar surface area (TPSA) is 12.4 Å². The average molecular weight is 289 g/mol. The van der Waals surface area contributed by atoms with Gasteiger partial charge in [0.25, 0.3) is 0 Å². The first-order valence-corrected chi connectivity index (χ1v) is 7.84. The first kappa shape index (κ1) is 16.0. The average Bonchev–Trinajstić information content (AvgIpc) is 2.59. The molecule has 0 N–H and O–H groups in total. The van der Waals surface area contributed by atoms with Crippen LogP contribution in [0.5, 0.6) is 0 Å². The fraction of sp³-hybridized carbons (Fsp3) is 0.190. The van der Waals surface area contributed by atoms with Crippen molar-refractivity contribution in [2.75, 3.05) is 0 Å². The second-order valence-corrected chi connectivity index (χ2v) is 5.13. The molecule has 0 radical (unpaired) electrons. The number of hydrogen-bond acceptors (Lipinski definition) is 1. The highest BCUT2D eigenvalue weighted by molar-refractivity contribution is 6.13.